The number of benzene rings is 2. The second kappa shape index (κ2) is 8.43. The lowest BCUT2D eigenvalue weighted by Gasteiger charge is -2.27. The third-order valence-corrected chi connectivity index (χ3v) is 6.19. The van der Waals surface area contributed by atoms with Crippen LogP contribution in [0.5, 0.6) is 5.75 Å². The van der Waals surface area contributed by atoms with Crippen molar-refractivity contribution in [3.8, 4) is 5.75 Å². The van der Waals surface area contributed by atoms with Crippen molar-refractivity contribution in [3.63, 3.8) is 0 Å². The monoisotopic (exact) mass is 433 g/mol. The highest BCUT2D eigenvalue weighted by molar-refractivity contribution is 5.99. The van der Waals surface area contributed by atoms with E-state index in [1.807, 2.05) is 43.3 Å². The van der Waals surface area contributed by atoms with Crippen molar-refractivity contribution in [2.75, 3.05) is 19.8 Å². The Kier molecular flexibility index (Phi) is 5.47. The Hall–Kier alpha value is -3.12. The minimum Gasteiger partial charge on any atom is -0.494 e. The van der Waals surface area contributed by atoms with Gasteiger partial charge in [0.05, 0.1) is 29.7 Å². The van der Waals surface area contributed by atoms with Gasteiger partial charge in [0.1, 0.15) is 11.3 Å². The van der Waals surface area contributed by atoms with Crippen molar-refractivity contribution in [2.24, 2.45) is 0 Å². The fourth-order valence-electron chi connectivity index (χ4n) is 4.67. The molecule has 3 heterocycles. The SMILES string of the molecule is CCCOc1cccc(C2c3c(oc4ccc(C)cc4c3=O)C(=O)N2CC2CCCO2)c1. The number of carbonyl (C=O) groups excluding carboxylic acids is 1. The normalized spacial score (nSPS) is 20.2. The van der Waals surface area contributed by atoms with Crippen molar-refractivity contribution < 1.29 is 18.7 Å². The van der Waals surface area contributed by atoms with E-state index in [0.29, 0.717) is 36.3 Å². The molecule has 2 aliphatic heterocycles. The Bertz CT molecular complexity index is 1220. The Labute approximate surface area is 186 Å². The molecule has 0 spiro atoms. The first kappa shape index (κ1) is 20.8. The van der Waals surface area contributed by atoms with E-state index in [0.717, 1.165) is 36.1 Å². The highest BCUT2D eigenvalue weighted by atomic mass is 16.5. The molecule has 6 nitrogen and oxygen atoms in total. The summed E-state index contributed by atoms with van der Waals surface area (Å²) in [5, 5.41) is 0.499. The van der Waals surface area contributed by atoms with E-state index < -0.39 is 6.04 Å². The zero-order chi connectivity index (χ0) is 22.2. The number of amides is 1. The number of nitrogens with zero attached hydrogens (tertiary/aromatic N) is 1. The van der Waals surface area contributed by atoms with Crippen LogP contribution in [0.1, 0.15) is 59.5 Å². The fourth-order valence-corrected chi connectivity index (χ4v) is 4.67. The standard InChI is InChI=1S/C26H27NO5/c1-3-11-30-18-7-4-6-17(14-18)23-22-24(28)20-13-16(2)9-10-21(20)32-25(22)26(29)27(23)15-19-8-5-12-31-19/h4,6-7,9-10,13-14,19,23H,3,5,8,11-12,15H2,1-2H3. The molecule has 0 saturated carbocycles. The maximum absolute atomic E-state index is 13.6. The van der Waals surface area contributed by atoms with E-state index in [1.54, 1.807) is 11.0 Å². The van der Waals surface area contributed by atoms with Gasteiger partial charge in [-0.2, -0.15) is 0 Å². The Morgan fingerprint density at radius 2 is 2.03 bits per heavy atom. The molecule has 3 aromatic rings. The fraction of sp³-hybridized carbons (Fsp3) is 0.385. The maximum atomic E-state index is 13.6. The topological polar surface area (TPSA) is 69.0 Å². The van der Waals surface area contributed by atoms with Gasteiger partial charge in [0, 0.05) is 13.2 Å². The van der Waals surface area contributed by atoms with Crippen LogP contribution < -0.4 is 10.2 Å². The zero-order valence-corrected chi connectivity index (χ0v) is 18.4. The van der Waals surface area contributed by atoms with E-state index in [-0.39, 0.29) is 23.2 Å². The van der Waals surface area contributed by atoms with E-state index in [2.05, 4.69) is 6.92 Å². The Balaban J connectivity index is 1.66. The molecule has 166 valence electrons. The van der Waals surface area contributed by atoms with Crippen LogP contribution in [0.4, 0.5) is 0 Å². The molecular formula is C26H27NO5. The molecule has 5 rings (SSSR count). The Morgan fingerprint density at radius 3 is 2.81 bits per heavy atom. The molecule has 0 aliphatic carbocycles. The van der Waals surface area contributed by atoms with Crippen LogP contribution in [0.15, 0.2) is 51.7 Å². The molecular weight excluding hydrogens is 406 g/mol. The molecule has 1 fully saturated rings. The van der Waals surface area contributed by atoms with Crippen LogP contribution >= 0.6 is 0 Å². The number of fused-ring (bicyclic) bond motifs is 2. The van der Waals surface area contributed by atoms with Crippen LogP contribution in [-0.4, -0.2) is 36.7 Å². The van der Waals surface area contributed by atoms with Gasteiger partial charge < -0.3 is 18.8 Å². The summed E-state index contributed by atoms with van der Waals surface area (Å²) in [4.78, 5) is 28.9. The summed E-state index contributed by atoms with van der Waals surface area (Å²) >= 11 is 0. The van der Waals surface area contributed by atoms with Crippen molar-refractivity contribution >= 4 is 16.9 Å². The summed E-state index contributed by atoms with van der Waals surface area (Å²) in [5.74, 6) is 0.595. The van der Waals surface area contributed by atoms with Gasteiger partial charge in [-0.15, -0.1) is 0 Å². The molecule has 6 heteroatoms. The van der Waals surface area contributed by atoms with Crippen LogP contribution in [0.2, 0.25) is 0 Å². The molecule has 32 heavy (non-hydrogen) atoms. The van der Waals surface area contributed by atoms with Gasteiger partial charge >= 0.3 is 0 Å². The summed E-state index contributed by atoms with van der Waals surface area (Å²) in [7, 11) is 0. The molecule has 1 amide bonds. The van der Waals surface area contributed by atoms with Crippen LogP contribution in [0.3, 0.4) is 0 Å². The number of aryl methyl sites for hydroxylation is 1. The number of ether oxygens (including phenoxy) is 2. The molecule has 0 bridgehead atoms. The lowest BCUT2D eigenvalue weighted by atomic mass is 9.97. The van der Waals surface area contributed by atoms with Gasteiger partial charge in [-0.05, 0) is 56.0 Å². The van der Waals surface area contributed by atoms with Crippen molar-refractivity contribution in [3.05, 3.63) is 75.1 Å². The van der Waals surface area contributed by atoms with Crippen molar-refractivity contribution in [2.45, 2.75) is 45.3 Å². The smallest absolute Gasteiger partial charge is 0.291 e. The van der Waals surface area contributed by atoms with Gasteiger partial charge in [-0.25, -0.2) is 0 Å². The van der Waals surface area contributed by atoms with Crippen molar-refractivity contribution in [1.29, 1.82) is 0 Å². The summed E-state index contributed by atoms with van der Waals surface area (Å²) in [6, 6.07) is 12.6. The van der Waals surface area contributed by atoms with Crippen LogP contribution in [-0.2, 0) is 4.74 Å². The second-order valence-corrected chi connectivity index (χ2v) is 8.59. The van der Waals surface area contributed by atoms with Gasteiger partial charge in [0.15, 0.2) is 5.43 Å². The predicted octanol–water partition coefficient (Wildman–Crippen LogP) is 4.61. The average molecular weight is 434 g/mol. The average Bonchev–Trinajstić information content (AvgIpc) is 3.41. The van der Waals surface area contributed by atoms with E-state index in [4.69, 9.17) is 13.9 Å². The number of hydrogen-bond donors (Lipinski definition) is 0. The first-order valence-corrected chi connectivity index (χ1v) is 11.3. The quantitative estimate of drug-likeness (QED) is 0.568. The van der Waals surface area contributed by atoms with Crippen molar-refractivity contribution in [1.82, 2.24) is 4.90 Å². The largest absolute Gasteiger partial charge is 0.494 e. The van der Waals surface area contributed by atoms with Gasteiger partial charge in [-0.3, -0.25) is 9.59 Å². The highest BCUT2D eigenvalue weighted by Gasteiger charge is 2.44. The molecule has 2 atom stereocenters. The third-order valence-electron chi connectivity index (χ3n) is 6.19. The Morgan fingerprint density at radius 1 is 1.16 bits per heavy atom. The van der Waals surface area contributed by atoms with Gasteiger partial charge in [0.25, 0.3) is 5.91 Å². The summed E-state index contributed by atoms with van der Waals surface area (Å²) < 4.78 is 17.7. The van der Waals surface area contributed by atoms with Crippen LogP contribution in [0, 0.1) is 6.92 Å². The summed E-state index contributed by atoms with van der Waals surface area (Å²) in [6.45, 7) is 5.72. The zero-order valence-electron chi connectivity index (χ0n) is 18.4. The minimum atomic E-state index is -0.534. The van der Waals surface area contributed by atoms with Gasteiger partial charge in [-0.1, -0.05) is 30.7 Å². The molecule has 2 aromatic carbocycles. The predicted molar refractivity (Wildman–Crippen MR) is 121 cm³/mol. The lowest BCUT2D eigenvalue weighted by molar-refractivity contribution is 0.0486. The second-order valence-electron chi connectivity index (χ2n) is 8.59. The van der Waals surface area contributed by atoms with Crippen LogP contribution in [0.25, 0.3) is 11.0 Å². The summed E-state index contributed by atoms with van der Waals surface area (Å²) in [6.07, 6.45) is 2.73. The molecule has 2 aliphatic rings. The molecule has 0 radical (unpaired) electrons. The number of rotatable bonds is 6. The maximum Gasteiger partial charge on any atom is 0.291 e. The lowest BCUT2D eigenvalue weighted by Crippen LogP contribution is -2.36. The summed E-state index contributed by atoms with van der Waals surface area (Å²) in [5.41, 5.74) is 2.49. The number of hydrogen-bond acceptors (Lipinski definition) is 5. The first-order valence-electron chi connectivity index (χ1n) is 11.3. The third kappa shape index (κ3) is 3.58. The van der Waals surface area contributed by atoms with Gasteiger partial charge in [0.2, 0.25) is 5.76 Å². The molecule has 1 aromatic heterocycles. The molecule has 1 saturated heterocycles. The van der Waals surface area contributed by atoms with E-state index in [9.17, 15) is 9.59 Å². The minimum absolute atomic E-state index is 0.0398. The van der Waals surface area contributed by atoms with E-state index >= 15 is 0 Å². The molecule has 0 N–H and O–H groups in total. The number of carbonyl (C=O) groups is 1. The first-order chi connectivity index (χ1) is 15.6. The molecule has 2 unspecified atom stereocenters. The highest BCUT2D eigenvalue weighted by Crippen LogP contribution is 2.39. The van der Waals surface area contributed by atoms with E-state index in [1.165, 1.54) is 0 Å².